The summed E-state index contributed by atoms with van der Waals surface area (Å²) >= 11 is 0. The van der Waals surface area contributed by atoms with Crippen molar-refractivity contribution in [1.82, 2.24) is 30.1 Å². The van der Waals surface area contributed by atoms with E-state index >= 15 is 0 Å². The van der Waals surface area contributed by atoms with E-state index in [1.54, 1.807) is 12.4 Å². The van der Waals surface area contributed by atoms with E-state index in [9.17, 15) is 4.79 Å². The molecule has 0 aliphatic carbocycles. The molecule has 0 bridgehead atoms. The largest absolute Gasteiger partial charge is 0.358 e. The zero-order valence-corrected chi connectivity index (χ0v) is 11.2. The monoisotopic (exact) mass is 294 g/mol. The van der Waals surface area contributed by atoms with Gasteiger partial charge in [0.15, 0.2) is 17.5 Å². The van der Waals surface area contributed by atoms with Gasteiger partial charge < -0.3 is 10.6 Å². The Bertz CT molecular complexity index is 828. The number of carbonyl (C=O) groups is 1. The molecule has 0 saturated carbocycles. The summed E-state index contributed by atoms with van der Waals surface area (Å²) in [5.74, 6) is 1.39. The van der Waals surface area contributed by atoms with E-state index in [0.29, 0.717) is 28.8 Å². The number of nitrogens with zero attached hydrogens (tertiary/aromatic N) is 5. The first-order chi connectivity index (χ1) is 10.8. The Morgan fingerprint density at radius 3 is 2.73 bits per heavy atom. The van der Waals surface area contributed by atoms with Crippen molar-refractivity contribution in [2.45, 2.75) is 0 Å². The number of fused-ring (bicyclic) bond motifs is 1. The van der Waals surface area contributed by atoms with Gasteiger partial charge in [0.1, 0.15) is 12.0 Å². The van der Waals surface area contributed by atoms with Crippen molar-refractivity contribution in [3.8, 4) is 22.8 Å². The number of nitrogens with one attached hydrogen (secondary N) is 3. The number of anilines is 2. The van der Waals surface area contributed by atoms with Gasteiger partial charge in [0.05, 0.1) is 18.4 Å². The van der Waals surface area contributed by atoms with Gasteiger partial charge in [-0.15, -0.1) is 0 Å². The van der Waals surface area contributed by atoms with E-state index in [-0.39, 0.29) is 12.5 Å². The number of amides is 1. The van der Waals surface area contributed by atoms with Crippen molar-refractivity contribution < 1.29 is 4.79 Å². The third kappa shape index (κ3) is 2.14. The van der Waals surface area contributed by atoms with Crippen LogP contribution in [0.1, 0.15) is 0 Å². The molecule has 0 atom stereocenters. The molecule has 1 amide bonds. The second-order valence-corrected chi connectivity index (χ2v) is 4.61. The molecule has 4 heterocycles. The molecule has 1 aliphatic heterocycles. The van der Waals surface area contributed by atoms with E-state index < -0.39 is 0 Å². The van der Waals surface area contributed by atoms with Crippen LogP contribution < -0.4 is 10.6 Å². The van der Waals surface area contributed by atoms with Gasteiger partial charge in [-0.3, -0.25) is 14.9 Å². The van der Waals surface area contributed by atoms with E-state index in [0.717, 1.165) is 5.56 Å². The third-order valence-corrected chi connectivity index (χ3v) is 3.15. The molecule has 0 fully saturated rings. The van der Waals surface area contributed by atoms with E-state index in [2.05, 4.69) is 40.8 Å². The molecule has 3 N–H and O–H groups in total. The summed E-state index contributed by atoms with van der Waals surface area (Å²) in [7, 11) is 0. The van der Waals surface area contributed by atoms with Crippen molar-refractivity contribution in [2.75, 3.05) is 17.2 Å². The Morgan fingerprint density at radius 1 is 1.00 bits per heavy atom. The van der Waals surface area contributed by atoms with Gasteiger partial charge in [-0.05, 0) is 12.1 Å². The van der Waals surface area contributed by atoms with Crippen LogP contribution in [0, 0.1) is 0 Å². The topological polar surface area (TPSA) is 121 Å². The fourth-order valence-electron chi connectivity index (χ4n) is 2.09. The summed E-state index contributed by atoms with van der Waals surface area (Å²) in [6.45, 7) is 0.188. The third-order valence-electron chi connectivity index (χ3n) is 3.15. The van der Waals surface area contributed by atoms with Crippen LogP contribution >= 0.6 is 0 Å². The minimum atomic E-state index is -0.132. The summed E-state index contributed by atoms with van der Waals surface area (Å²) in [5, 5.41) is 12.2. The van der Waals surface area contributed by atoms with Gasteiger partial charge >= 0.3 is 0 Å². The summed E-state index contributed by atoms with van der Waals surface area (Å²) in [5.41, 5.74) is 2.14. The molecule has 0 aromatic carbocycles. The lowest BCUT2D eigenvalue weighted by Crippen LogP contribution is -2.28. The van der Waals surface area contributed by atoms with Crippen molar-refractivity contribution in [2.24, 2.45) is 0 Å². The first-order valence-corrected chi connectivity index (χ1v) is 6.53. The quantitative estimate of drug-likeness (QED) is 0.635. The fraction of sp³-hybridized carbons (Fsp3) is 0.0769. The van der Waals surface area contributed by atoms with Crippen LogP contribution in [0.2, 0.25) is 0 Å². The van der Waals surface area contributed by atoms with E-state index in [1.807, 2.05) is 12.1 Å². The van der Waals surface area contributed by atoms with Crippen LogP contribution in [-0.4, -0.2) is 42.6 Å². The molecule has 0 radical (unpaired) electrons. The highest BCUT2D eigenvalue weighted by atomic mass is 16.2. The molecule has 4 rings (SSSR count). The first kappa shape index (κ1) is 12.4. The van der Waals surface area contributed by atoms with E-state index in [1.165, 1.54) is 6.33 Å². The van der Waals surface area contributed by atoms with Gasteiger partial charge in [-0.2, -0.15) is 5.10 Å². The molecule has 3 aromatic heterocycles. The maximum atomic E-state index is 11.3. The minimum absolute atomic E-state index is 0.132. The molecule has 9 nitrogen and oxygen atoms in total. The highest BCUT2D eigenvalue weighted by molar-refractivity contribution is 5.98. The van der Waals surface area contributed by atoms with Crippen LogP contribution in [0.4, 0.5) is 11.6 Å². The lowest BCUT2D eigenvalue weighted by Gasteiger charge is -2.16. The average Bonchev–Trinajstić information content (AvgIpc) is 3.09. The minimum Gasteiger partial charge on any atom is -0.358 e. The summed E-state index contributed by atoms with van der Waals surface area (Å²) < 4.78 is 0. The van der Waals surface area contributed by atoms with Gasteiger partial charge in [0.2, 0.25) is 5.91 Å². The number of pyridine rings is 1. The average molecular weight is 294 g/mol. The maximum absolute atomic E-state index is 11.3. The van der Waals surface area contributed by atoms with E-state index in [4.69, 9.17) is 0 Å². The zero-order chi connectivity index (χ0) is 14.9. The molecule has 0 saturated heterocycles. The zero-order valence-electron chi connectivity index (χ0n) is 11.2. The number of aromatic amines is 1. The molecule has 0 spiro atoms. The number of aromatic nitrogens is 6. The number of hydrogen-bond donors (Lipinski definition) is 3. The van der Waals surface area contributed by atoms with Gasteiger partial charge in [0.25, 0.3) is 0 Å². The SMILES string of the molecule is O=C1CNc2nc(-c3ccc(-c4nc[nH]n4)nc3)cnc2N1. The van der Waals surface area contributed by atoms with Gasteiger partial charge in [0, 0.05) is 11.8 Å². The van der Waals surface area contributed by atoms with Crippen LogP contribution in [0.25, 0.3) is 22.8 Å². The maximum Gasteiger partial charge on any atom is 0.244 e. The Kier molecular flexibility index (Phi) is 2.75. The number of carbonyl (C=O) groups excluding carboxylic acids is 1. The molecule has 3 aromatic rings. The Hall–Kier alpha value is -3.36. The Balaban J connectivity index is 1.66. The van der Waals surface area contributed by atoms with Crippen molar-refractivity contribution >= 4 is 17.5 Å². The predicted molar refractivity (Wildman–Crippen MR) is 77.8 cm³/mol. The highest BCUT2D eigenvalue weighted by Gasteiger charge is 2.17. The van der Waals surface area contributed by atoms with Gasteiger partial charge in [-0.1, -0.05) is 0 Å². The number of H-pyrrole nitrogens is 1. The molecule has 0 unspecified atom stereocenters. The molecule has 108 valence electrons. The smallest absolute Gasteiger partial charge is 0.244 e. The van der Waals surface area contributed by atoms with Crippen LogP contribution in [0.3, 0.4) is 0 Å². The molecule has 22 heavy (non-hydrogen) atoms. The fourth-order valence-corrected chi connectivity index (χ4v) is 2.09. The van der Waals surface area contributed by atoms with Crippen molar-refractivity contribution in [1.29, 1.82) is 0 Å². The summed E-state index contributed by atoms with van der Waals surface area (Å²) in [4.78, 5) is 28.3. The molecule has 1 aliphatic rings. The predicted octanol–water partition coefficient (Wildman–Crippen LogP) is 0.688. The van der Waals surface area contributed by atoms with Gasteiger partial charge in [-0.25, -0.2) is 15.0 Å². The Morgan fingerprint density at radius 2 is 1.95 bits per heavy atom. The van der Waals surface area contributed by atoms with Crippen LogP contribution in [-0.2, 0) is 4.79 Å². The standard InChI is InChI=1S/C13H10N8O/c22-10-5-16-12-13(20-10)15-4-9(19-12)7-1-2-8(14-3-7)11-17-6-18-21-11/h1-4,6H,5H2,(H,16,19)(H,15,20,22)(H,17,18,21). The summed E-state index contributed by atoms with van der Waals surface area (Å²) in [6.07, 6.45) is 4.78. The number of rotatable bonds is 2. The normalized spacial score (nSPS) is 13.2. The van der Waals surface area contributed by atoms with Crippen LogP contribution in [0.5, 0.6) is 0 Å². The lowest BCUT2D eigenvalue weighted by atomic mass is 10.2. The molecule has 9 heteroatoms. The van der Waals surface area contributed by atoms with Crippen LogP contribution in [0.15, 0.2) is 30.9 Å². The highest BCUT2D eigenvalue weighted by Crippen LogP contribution is 2.24. The second-order valence-electron chi connectivity index (χ2n) is 4.61. The first-order valence-electron chi connectivity index (χ1n) is 6.53. The number of hydrogen-bond acceptors (Lipinski definition) is 7. The Labute approximate surface area is 124 Å². The van der Waals surface area contributed by atoms with Crippen molar-refractivity contribution in [3.05, 3.63) is 30.9 Å². The van der Waals surface area contributed by atoms with Crippen molar-refractivity contribution in [3.63, 3.8) is 0 Å². The lowest BCUT2D eigenvalue weighted by molar-refractivity contribution is -0.114. The second kappa shape index (κ2) is 4.88. The molecular formula is C13H10N8O. The molecular weight excluding hydrogens is 284 g/mol. The summed E-state index contributed by atoms with van der Waals surface area (Å²) in [6, 6.07) is 3.69.